The summed E-state index contributed by atoms with van der Waals surface area (Å²) in [7, 11) is 0. The zero-order chi connectivity index (χ0) is 72.6. The van der Waals surface area contributed by atoms with Crippen LogP contribution < -0.4 is 10.2 Å². The summed E-state index contributed by atoms with van der Waals surface area (Å²) in [5, 5.41) is 7.51. The summed E-state index contributed by atoms with van der Waals surface area (Å²) in [6.07, 6.45) is 0. The topological polar surface area (TPSA) is 20.2 Å². The number of aromatic nitrogens is 1. The van der Waals surface area contributed by atoms with Gasteiger partial charge in [0.25, 0.3) is 0 Å². The highest BCUT2D eigenvalue weighted by molar-refractivity contribution is 6.33. The highest BCUT2D eigenvalue weighted by atomic mass is 35.5. The van der Waals surface area contributed by atoms with Crippen molar-refractivity contribution in [2.45, 2.75) is 49.4 Å². The number of benzene rings is 16. The lowest BCUT2D eigenvalue weighted by atomic mass is 9.70. The van der Waals surface area contributed by atoms with Crippen molar-refractivity contribution >= 4 is 73.4 Å². The summed E-state index contributed by atoms with van der Waals surface area (Å²) in [6, 6.07) is 128. The summed E-state index contributed by atoms with van der Waals surface area (Å²) < 4.78 is 2.30. The van der Waals surface area contributed by atoms with Crippen LogP contribution in [0.15, 0.2) is 340 Å². The van der Waals surface area contributed by atoms with Gasteiger partial charge in [-0.15, -0.1) is 0 Å². The van der Waals surface area contributed by atoms with E-state index in [1.165, 1.54) is 145 Å². The van der Waals surface area contributed by atoms with Gasteiger partial charge in [0.2, 0.25) is 0 Å². The molecule has 1 aromatic heterocycles. The molecule has 109 heavy (non-hydrogen) atoms. The van der Waals surface area contributed by atoms with E-state index in [2.05, 4.69) is 358 Å². The molecule has 23 rings (SSSR count). The lowest BCUT2D eigenvalue weighted by Gasteiger charge is -2.32. The fourth-order valence-corrected chi connectivity index (χ4v) is 21.5. The molecule has 1 heterocycles. The van der Waals surface area contributed by atoms with Gasteiger partial charge >= 0.3 is 0 Å². The van der Waals surface area contributed by atoms with Crippen LogP contribution >= 0.6 is 23.2 Å². The minimum absolute atomic E-state index is 0.303. The number of nitrogens with zero attached hydrogens (tertiary/aromatic N) is 2. The van der Waals surface area contributed by atoms with Crippen molar-refractivity contribution in [2.24, 2.45) is 0 Å². The largest absolute Gasteiger partial charge is 0.356 e. The Morgan fingerprint density at radius 2 is 0.624 bits per heavy atom. The Morgan fingerprint density at radius 3 is 1.12 bits per heavy atom. The third kappa shape index (κ3) is 8.44. The van der Waals surface area contributed by atoms with Crippen molar-refractivity contribution in [1.82, 2.24) is 4.57 Å². The first-order valence-electron chi connectivity index (χ1n) is 38.0. The van der Waals surface area contributed by atoms with E-state index in [0.717, 1.165) is 67.1 Å². The smallest absolute Gasteiger partial charge is 0.0726 e. The van der Waals surface area contributed by atoms with E-state index in [1.54, 1.807) is 0 Å². The maximum Gasteiger partial charge on any atom is 0.0726 e. The van der Waals surface area contributed by atoms with Crippen molar-refractivity contribution in [3.05, 3.63) is 417 Å². The normalized spacial score (nSPS) is 14.8. The Hall–Kier alpha value is -12.5. The Labute approximate surface area is 644 Å². The molecule has 0 bridgehead atoms. The lowest BCUT2D eigenvalue weighted by Crippen LogP contribution is -2.26. The predicted octanol–water partition coefficient (Wildman–Crippen LogP) is 27.9. The van der Waals surface area contributed by atoms with E-state index in [-0.39, 0.29) is 10.8 Å². The molecule has 0 saturated heterocycles. The standard InChI is InChI=1S/C104H69Cl2N3/c1-101(2)87-51-36-63(72-24-17-25-83-81-48-40-66(57-94(81)102(3,4)100(72)83)107-67-39-47-79-77-22-9-15-30-92(77)103(96(79)58-67)88-26-11-5-18-73(88)74-19-6-12-27-89(74)103)54-84(87)82-50-46-70(59-95(82)101)108(71-45-49-80-78-23-10-16-31-93(78)104(97(80)60-71)90-28-13-7-20-75(90)76-21-8-14-29-91(76)104)68-41-32-61(33-42-68)62-34-43-69(44-35-62)109-98-52-37-64(105)55-85(98)86-56-65(106)38-53-99(86)109/h5-60,107H,1-4H3. The van der Waals surface area contributed by atoms with Gasteiger partial charge in [-0.2, -0.15) is 0 Å². The van der Waals surface area contributed by atoms with Crippen molar-refractivity contribution in [1.29, 1.82) is 0 Å². The van der Waals surface area contributed by atoms with E-state index in [0.29, 0.717) is 10.0 Å². The van der Waals surface area contributed by atoms with Crippen LogP contribution in [0.3, 0.4) is 0 Å². The first-order valence-corrected chi connectivity index (χ1v) is 38.7. The third-order valence-electron chi connectivity index (χ3n) is 25.7. The number of fused-ring (bicyclic) bond motifs is 29. The van der Waals surface area contributed by atoms with E-state index in [1.807, 2.05) is 24.3 Å². The highest BCUT2D eigenvalue weighted by Gasteiger charge is 2.54. The monoisotopic (exact) mass is 1430 g/mol. The second-order valence-corrected chi connectivity index (χ2v) is 32.6. The molecule has 0 unspecified atom stereocenters. The van der Waals surface area contributed by atoms with Crippen LogP contribution in [0.5, 0.6) is 0 Å². The molecular weight excluding hydrogens is 1360 g/mol. The molecule has 2 spiro atoms. The summed E-state index contributed by atoms with van der Waals surface area (Å²) in [6.45, 7) is 9.69. The number of anilines is 5. The van der Waals surface area contributed by atoms with Crippen LogP contribution in [-0.2, 0) is 21.7 Å². The van der Waals surface area contributed by atoms with E-state index >= 15 is 0 Å². The highest BCUT2D eigenvalue weighted by Crippen LogP contribution is 2.66. The maximum absolute atomic E-state index is 6.61. The molecule has 5 heteroatoms. The van der Waals surface area contributed by atoms with Gasteiger partial charge in [0.05, 0.1) is 21.9 Å². The molecule has 0 saturated carbocycles. The summed E-state index contributed by atoms with van der Waals surface area (Å²) in [5.74, 6) is 0. The Morgan fingerprint density at radius 1 is 0.257 bits per heavy atom. The van der Waals surface area contributed by atoms with Crippen LogP contribution in [-0.4, -0.2) is 4.57 Å². The quantitative estimate of drug-likeness (QED) is 0.164. The lowest BCUT2D eigenvalue weighted by molar-refractivity contribution is 0.659. The first kappa shape index (κ1) is 62.7. The van der Waals surface area contributed by atoms with E-state index in [4.69, 9.17) is 23.2 Å². The molecule has 6 aliphatic carbocycles. The van der Waals surface area contributed by atoms with Crippen molar-refractivity contribution in [3.63, 3.8) is 0 Å². The van der Waals surface area contributed by atoms with Crippen molar-refractivity contribution < 1.29 is 0 Å². The Kier molecular flexibility index (Phi) is 13.0. The van der Waals surface area contributed by atoms with E-state index < -0.39 is 10.8 Å². The van der Waals surface area contributed by atoms with Crippen LogP contribution in [0.4, 0.5) is 28.4 Å². The molecule has 0 atom stereocenters. The zero-order valence-electron chi connectivity index (χ0n) is 60.5. The molecule has 17 aromatic rings. The number of hydrogen-bond acceptors (Lipinski definition) is 2. The van der Waals surface area contributed by atoms with Crippen molar-refractivity contribution in [3.8, 4) is 94.7 Å². The van der Waals surface area contributed by atoms with Gasteiger partial charge in [-0.05, 0) is 271 Å². The molecule has 3 nitrogen and oxygen atoms in total. The molecule has 16 aromatic carbocycles. The molecule has 0 radical (unpaired) electrons. The zero-order valence-corrected chi connectivity index (χ0v) is 62.0. The van der Waals surface area contributed by atoms with Gasteiger partial charge in [-0.1, -0.05) is 275 Å². The molecule has 514 valence electrons. The Bertz CT molecular complexity index is 6680. The van der Waals surface area contributed by atoms with Crippen LogP contribution in [0.25, 0.3) is 117 Å². The number of rotatable bonds is 8. The maximum atomic E-state index is 6.61. The molecule has 0 amide bonds. The van der Waals surface area contributed by atoms with Crippen LogP contribution in [0.2, 0.25) is 10.0 Å². The van der Waals surface area contributed by atoms with Gasteiger partial charge in [-0.3, -0.25) is 0 Å². The van der Waals surface area contributed by atoms with Crippen LogP contribution in [0.1, 0.15) is 94.5 Å². The van der Waals surface area contributed by atoms with Gasteiger partial charge < -0.3 is 14.8 Å². The average Bonchev–Trinajstić information content (AvgIpc) is 1.51. The number of hydrogen-bond donors (Lipinski definition) is 1. The fraction of sp³-hybridized carbons (Fsp3) is 0.0769. The van der Waals surface area contributed by atoms with Crippen molar-refractivity contribution in [2.75, 3.05) is 10.2 Å². The average molecular weight is 1430 g/mol. The summed E-state index contributed by atoms with van der Waals surface area (Å²) in [5.41, 5.74) is 43.4. The summed E-state index contributed by atoms with van der Waals surface area (Å²) in [4.78, 5) is 2.50. The molecular formula is C104H69Cl2N3. The second kappa shape index (κ2) is 22.5. The minimum Gasteiger partial charge on any atom is -0.356 e. The van der Waals surface area contributed by atoms with Gasteiger partial charge in [0, 0.05) is 65.8 Å². The molecule has 1 N–H and O–H groups in total. The molecule has 0 aliphatic heterocycles. The minimum atomic E-state index is -0.508. The molecule has 6 aliphatic rings. The van der Waals surface area contributed by atoms with Gasteiger partial charge in [0.1, 0.15) is 0 Å². The fourth-order valence-electron chi connectivity index (χ4n) is 21.1. The number of nitrogens with one attached hydrogen (secondary N) is 1. The van der Waals surface area contributed by atoms with E-state index in [9.17, 15) is 0 Å². The first-order chi connectivity index (χ1) is 53.3. The third-order valence-corrected chi connectivity index (χ3v) is 26.2. The van der Waals surface area contributed by atoms with Gasteiger partial charge in [0.15, 0.2) is 0 Å². The SMILES string of the molecule is CC1(C)c2ccc(-c3cccc4c3C(C)(C)c3cc(Nc5ccc6c(c5)C5(c7ccccc7-c7ccccc75)c5ccccc5-6)ccc3-4)cc2-c2ccc(N(c3ccc(-c4ccc(-n5c6ccc(Cl)cc6c6cc(Cl)ccc65)cc4)cc3)c3ccc4c(c3)C3(c5ccccc5-c5ccccc53)c3ccccc3-4)cc21. The second-order valence-electron chi connectivity index (χ2n) is 31.7. The Balaban J connectivity index is 0.609. The predicted molar refractivity (Wildman–Crippen MR) is 454 cm³/mol. The number of halogens is 2. The summed E-state index contributed by atoms with van der Waals surface area (Å²) >= 11 is 13.2. The van der Waals surface area contributed by atoms with Crippen LogP contribution in [0, 0.1) is 0 Å². The van der Waals surface area contributed by atoms with Gasteiger partial charge in [-0.25, -0.2) is 0 Å². The molecule has 0 fully saturated rings.